The molecule has 0 unspecified atom stereocenters. The van der Waals surface area contributed by atoms with E-state index in [1.165, 1.54) is 11.0 Å². The second-order valence-electron chi connectivity index (χ2n) is 7.49. The van der Waals surface area contributed by atoms with Crippen molar-refractivity contribution in [3.63, 3.8) is 0 Å². The maximum Gasteiger partial charge on any atom is 0.266 e. The summed E-state index contributed by atoms with van der Waals surface area (Å²) in [6.07, 6.45) is 1.77. The van der Waals surface area contributed by atoms with E-state index in [0.29, 0.717) is 16.8 Å². The van der Waals surface area contributed by atoms with E-state index in [4.69, 9.17) is 0 Å². The number of nitrogens with zero attached hydrogens (tertiary/aromatic N) is 1. The van der Waals surface area contributed by atoms with E-state index in [9.17, 15) is 14.4 Å². The maximum atomic E-state index is 13.0. The van der Waals surface area contributed by atoms with Gasteiger partial charge in [0, 0.05) is 11.6 Å². The molecule has 6 nitrogen and oxygen atoms in total. The topological polar surface area (TPSA) is 78.5 Å². The molecule has 2 aromatic carbocycles. The summed E-state index contributed by atoms with van der Waals surface area (Å²) in [7, 11) is 0. The molecule has 28 heavy (non-hydrogen) atoms. The number of anilines is 1. The van der Waals surface area contributed by atoms with Crippen molar-refractivity contribution < 1.29 is 14.4 Å². The molecule has 0 atom stereocenters. The smallest absolute Gasteiger partial charge is 0.266 e. The van der Waals surface area contributed by atoms with Crippen LogP contribution in [-0.4, -0.2) is 36.9 Å². The molecule has 4 rings (SSSR count). The summed E-state index contributed by atoms with van der Waals surface area (Å²) in [6, 6.07) is 10.5. The van der Waals surface area contributed by atoms with Crippen molar-refractivity contribution in [1.29, 1.82) is 0 Å². The van der Waals surface area contributed by atoms with Gasteiger partial charge in [-0.1, -0.05) is 12.1 Å². The van der Waals surface area contributed by atoms with Gasteiger partial charge in [0.2, 0.25) is 0 Å². The second-order valence-corrected chi connectivity index (χ2v) is 7.49. The zero-order valence-corrected chi connectivity index (χ0v) is 16.0. The van der Waals surface area contributed by atoms with Crippen LogP contribution in [0, 0.1) is 13.8 Å². The van der Waals surface area contributed by atoms with Crippen LogP contribution in [0.3, 0.4) is 0 Å². The SMILES string of the molecule is Cc1ccc(C)c(N2C(=O)c3ccc(C(=O)NC4CCNCC4)cc3C2=O)c1. The van der Waals surface area contributed by atoms with Crippen LogP contribution in [0.1, 0.15) is 55.0 Å². The van der Waals surface area contributed by atoms with E-state index in [1.54, 1.807) is 12.1 Å². The first-order chi connectivity index (χ1) is 13.5. The summed E-state index contributed by atoms with van der Waals surface area (Å²) in [5.41, 5.74) is 3.43. The summed E-state index contributed by atoms with van der Waals surface area (Å²) in [5, 5.41) is 6.29. The summed E-state index contributed by atoms with van der Waals surface area (Å²) >= 11 is 0. The number of carbonyl (C=O) groups excluding carboxylic acids is 3. The Balaban J connectivity index is 1.62. The largest absolute Gasteiger partial charge is 0.349 e. The Kier molecular flexibility index (Phi) is 4.73. The van der Waals surface area contributed by atoms with Gasteiger partial charge in [0.25, 0.3) is 17.7 Å². The molecule has 2 aliphatic rings. The Bertz CT molecular complexity index is 977. The molecule has 6 heteroatoms. The predicted octanol–water partition coefficient (Wildman–Crippen LogP) is 2.59. The molecule has 0 aliphatic carbocycles. The monoisotopic (exact) mass is 377 g/mol. The number of amides is 3. The van der Waals surface area contributed by atoms with E-state index >= 15 is 0 Å². The van der Waals surface area contributed by atoms with Crippen LogP contribution >= 0.6 is 0 Å². The van der Waals surface area contributed by atoms with Gasteiger partial charge in [-0.2, -0.15) is 0 Å². The number of aryl methyl sites for hydroxylation is 2. The number of fused-ring (bicyclic) bond motifs is 1. The van der Waals surface area contributed by atoms with Crippen LogP contribution in [0.4, 0.5) is 5.69 Å². The third kappa shape index (κ3) is 3.20. The lowest BCUT2D eigenvalue weighted by Crippen LogP contribution is -2.42. The number of benzene rings is 2. The summed E-state index contributed by atoms with van der Waals surface area (Å²) in [6.45, 7) is 5.56. The second kappa shape index (κ2) is 7.20. The molecule has 0 saturated carbocycles. The van der Waals surface area contributed by atoms with Gasteiger partial charge in [-0.15, -0.1) is 0 Å². The average molecular weight is 377 g/mol. The molecule has 0 aromatic heterocycles. The van der Waals surface area contributed by atoms with Crippen molar-refractivity contribution in [3.05, 3.63) is 64.2 Å². The first kappa shape index (κ1) is 18.4. The Morgan fingerprint density at radius 1 is 1.00 bits per heavy atom. The zero-order valence-electron chi connectivity index (χ0n) is 16.0. The van der Waals surface area contributed by atoms with Crippen molar-refractivity contribution in [1.82, 2.24) is 10.6 Å². The lowest BCUT2D eigenvalue weighted by molar-refractivity contribution is 0.0918. The molecule has 0 radical (unpaired) electrons. The van der Waals surface area contributed by atoms with Crippen LogP contribution in [0.5, 0.6) is 0 Å². The molecule has 2 N–H and O–H groups in total. The maximum absolute atomic E-state index is 13.0. The zero-order chi connectivity index (χ0) is 19.8. The number of rotatable bonds is 3. The fourth-order valence-corrected chi connectivity index (χ4v) is 3.80. The van der Waals surface area contributed by atoms with E-state index in [2.05, 4.69) is 10.6 Å². The van der Waals surface area contributed by atoms with E-state index < -0.39 is 0 Å². The fraction of sp³-hybridized carbons (Fsp3) is 0.318. The highest BCUT2D eigenvalue weighted by molar-refractivity contribution is 6.35. The van der Waals surface area contributed by atoms with E-state index in [-0.39, 0.29) is 29.3 Å². The fourth-order valence-electron chi connectivity index (χ4n) is 3.80. The minimum Gasteiger partial charge on any atom is -0.349 e. The normalized spacial score (nSPS) is 17.0. The molecule has 2 aromatic rings. The third-order valence-corrected chi connectivity index (χ3v) is 5.43. The molecule has 0 bridgehead atoms. The number of imide groups is 1. The van der Waals surface area contributed by atoms with Crippen molar-refractivity contribution in [2.75, 3.05) is 18.0 Å². The van der Waals surface area contributed by atoms with Gasteiger partial charge >= 0.3 is 0 Å². The Labute approximate surface area is 163 Å². The predicted molar refractivity (Wildman–Crippen MR) is 107 cm³/mol. The van der Waals surface area contributed by atoms with Crippen LogP contribution in [0.15, 0.2) is 36.4 Å². The number of carbonyl (C=O) groups is 3. The Morgan fingerprint density at radius 2 is 1.71 bits per heavy atom. The van der Waals surface area contributed by atoms with Crippen molar-refractivity contribution in [2.24, 2.45) is 0 Å². The average Bonchev–Trinajstić information content (AvgIpc) is 2.94. The Morgan fingerprint density at radius 3 is 2.46 bits per heavy atom. The number of piperidine rings is 1. The van der Waals surface area contributed by atoms with Crippen molar-refractivity contribution in [3.8, 4) is 0 Å². The molecule has 1 saturated heterocycles. The first-order valence-corrected chi connectivity index (χ1v) is 9.57. The number of nitrogens with one attached hydrogen (secondary N) is 2. The van der Waals surface area contributed by atoms with E-state index in [1.807, 2.05) is 32.0 Å². The molecule has 1 fully saturated rings. The molecular formula is C22H23N3O3. The number of hydrogen-bond donors (Lipinski definition) is 2. The minimum absolute atomic E-state index is 0.130. The highest BCUT2D eigenvalue weighted by atomic mass is 16.2. The molecule has 2 heterocycles. The summed E-state index contributed by atoms with van der Waals surface area (Å²) in [5.74, 6) is -0.940. The lowest BCUT2D eigenvalue weighted by atomic mass is 10.0. The van der Waals surface area contributed by atoms with Crippen LogP contribution < -0.4 is 15.5 Å². The van der Waals surface area contributed by atoms with Gasteiger partial charge in [0.05, 0.1) is 16.8 Å². The van der Waals surface area contributed by atoms with Gasteiger partial charge in [-0.3, -0.25) is 14.4 Å². The van der Waals surface area contributed by atoms with Gasteiger partial charge in [-0.25, -0.2) is 4.90 Å². The van der Waals surface area contributed by atoms with Crippen molar-refractivity contribution in [2.45, 2.75) is 32.7 Å². The molecule has 3 amide bonds. The Hall–Kier alpha value is -2.99. The van der Waals surface area contributed by atoms with Gasteiger partial charge in [0.15, 0.2) is 0 Å². The summed E-state index contributed by atoms with van der Waals surface area (Å²) < 4.78 is 0. The third-order valence-electron chi connectivity index (χ3n) is 5.43. The summed E-state index contributed by atoms with van der Waals surface area (Å²) in [4.78, 5) is 39.7. The van der Waals surface area contributed by atoms with Gasteiger partial charge in [0.1, 0.15) is 0 Å². The van der Waals surface area contributed by atoms with Crippen LogP contribution in [0.2, 0.25) is 0 Å². The van der Waals surface area contributed by atoms with E-state index in [0.717, 1.165) is 37.1 Å². The number of hydrogen-bond acceptors (Lipinski definition) is 4. The molecule has 0 spiro atoms. The van der Waals surface area contributed by atoms with Crippen molar-refractivity contribution >= 4 is 23.4 Å². The molecular weight excluding hydrogens is 354 g/mol. The highest BCUT2D eigenvalue weighted by Gasteiger charge is 2.38. The van der Waals surface area contributed by atoms with Crippen LogP contribution in [-0.2, 0) is 0 Å². The highest BCUT2D eigenvalue weighted by Crippen LogP contribution is 2.31. The van der Waals surface area contributed by atoms with Gasteiger partial charge in [-0.05, 0) is 75.2 Å². The first-order valence-electron chi connectivity index (χ1n) is 9.57. The molecule has 144 valence electrons. The minimum atomic E-state index is -0.384. The standard InChI is InChI=1S/C22H23N3O3/c1-13-3-4-14(2)19(11-13)25-21(27)17-6-5-15(12-18(17)22(25)28)20(26)24-16-7-9-23-10-8-16/h3-6,11-12,16,23H,7-10H2,1-2H3,(H,24,26). The van der Waals surface area contributed by atoms with Crippen LogP contribution in [0.25, 0.3) is 0 Å². The van der Waals surface area contributed by atoms with Gasteiger partial charge < -0.3 is 10.6 Å². The quantitative estimate of drug-likeness (QED) is 0.806. The lowest BCUT2D eigenvalue weighted by Gasteiger charge is -2.23. The molecule has 2 aliphatic heterocycles.